The van der Waals surface area contributed by atoms with Crippen molar-refractivity contribution >= 4 is 35.1 Å². The van der Waals surface area contributed by atoms with Crippen LogP contribution in [0.25, 0.3) is 11.4 Å². The lowest BCUT2D eigenvalue weighted by atomic mass is 10.3. The molecule has 0 saturated heterocycles. The number of amides is 1. The van der Waals surface area contributed by atoms with Crippen LogP contribution in [0.3, 0.4) is 0 Å². The largest absolute Gasteiger partial charge is 0.310 e. The average Bonchev–Trinajstić information content (AvgIpc) is 3.33. The van der Waals surface area contributed by atoms with Crippen molar-refractivity contribution in [2.75, 3.05) is 11.1 Å². The zero-order valence-electron chi connectivity index (χ0n) is 15.8. The van der Waals surface area contributed by atoms with Gasteiger partial charge in [-0.15, -0.1) is 10.2 Å². The second kappa shape index (κ2) is 8.68. The normalized spacial score (nSPS) is 10.9. The number of nitrogens with one attached hydrogen (secondary N) is 1. The molecular formula is C20H16ClFN6OS. The SMILES string of the molecule is Cc1cc(NC(=O)CSc2nncn2-c2cccc(Cl)c2)n(-c2ccc(F)cc2)n1. The maximum absolute atomic E-state index is 13.2. The summed E-state index contributed by atoms with van der Waals surface area (Å²) >= 11 is 7.30. The summed E-state index contributed by atoms with van der Waals surface area (Å²) in [7, 11) is 0. The maximum atomic E-state index is 13.2. The molecule has 0 radical (unpaired) electrons. The Morgan fingerprint density at radius 1 is 1.17 bits per heavy atom. The topological polar surface area (TPSA) is 77.6 Å². The molecule has 0 saturated carbocycles. The van der Waals surface area contributed by atoms with E-state index in [1.54, 1.807) is 45.9 Å². The van der Waals surface area contributed by atoms with Gasteiger partial charge in [0.1, 0.15) is 18.0 Å². The molecule has 0 spiro atoms. The average molecular weight is 443 g/mol. The van der Waals surface area contributed by atoms with Crippen LogP contribution in [-0.4, -0.2) is 36.2 Å². The van der Waals surface area contributed by atoms with Gasteiger partial charge >= 0.3 is 0 Å². The van der Waals surface area contributed by atoms with Crippen molar-refractivity contribution in [1.29, 1.82) is 0 Å². The molecule has 2 heterocycles. The second-order valence-electron chi connectivity index (χ2n) is 6.36. The van der Waals surface area contributed by atoms with Crippen LogP contribution < -0.4 is 5.32 Å². The molecule has 2 aromatic heterocycles. The fourth-order valence-electron chi connectivity index (χ4n) is 2.80. The minimum atomic E-state index is -0.339. The van der Waals surface area contributed by atoms with E-state index >= 15 is 0 Å². The van der Waals surface area contributed by atoms with Crippen molar-refractivity contribution in [3.8, 4) is 11.4 Å². The number of anilines is 1. The van der Waals surface area contributed by atoms with E-state index in [2.05, 4.69) is 20.6 Å². The minimum absolute atomic E-state index is 0.118. The fourth-order valence-corrected chi connectivity index (χ4v) is 3.72. The second-order valence-corrected chi connectivity index (χ2v) is 7.74. The van der Waals surface area contributed by atoms with Gasteiger partial charge in [-0.2, -0.15) is 5.10 Å². The van der Waals surface area contributed by atoms with Crippen LogP contribution in [0.4, 0.5) is 10.2 Å². The molecule has 0 fully saturated rings. The van der Waals surface area contributed by atoms with E-state index in [4.69, 9.17) is 11.6 Å². The minimum Gasteiger partial charge on any atom is -0.310 e. The number of carbonyl (C=O) groups is 1. The molecule has 2 aromatic carbocycles. The third kappa shape index (κ3) is 4.52. The Morgan fingerprint density at radius 2 is 1.97 bits per heavy atom. The third-order valence-corrected chi connectivity index (χ3v) is 5.28. The highest BCUT2D eigenvalue weighted by Gasteiger charge is 2.14. The third-order valence-electron chi connectivity index (χ3n) is 4.11. The number of hydrogen-bond acceptors (Lipinski definition) is 5. The molecule has 4 rings (SSSR count). The van der Waals surface area contributed by atoms with Crippen molar-refractivity contribution in [1.82, 2.24) is 24.5 Å². The number of aromatic nitrogens is 5. The van der Waals surface area contributed by atoms with Gasteiger partial charge in [0.15, 0.2) is 5.16 Å². The van der Waals surface area contributed by atoms with E-state index in [1.165, 1.54) is 23.9 Å². The zero-order valence-corrected chi connectivity index (χ0v) is 17.4. The van der Waals surface area contributed by atoms with Gasteiger partial charge in [0, 0.05) is 11.1 Å². The van der Waals surface area contributed by atoms with Crippen LogP contribution in [0.5, 0.6) is 0 Å². The molecule has 30 heavy (non-hydrogen) atoms. The van der Waals surface area contributed by atoms with Crippen LogP contribution in [0.15, 0.2) is 66.1 Å². The molecular weight excluding hydrogens is 427 g/mol. The van der Waals surface area contributed by atoms with Crippen LogP contribution in [0.2, 0.25) is 5.02 Å². The highest BCUT2D eigenvalue weighted by molar-refractivity contribution is 7.99. The van der Waals surface area contributed by atoms with E-state index in [9.17, 15) is 9.18 Å². The van der Waals surface area contributed by atoms with E-state index in [0.29, 0.717) is 21.7 Å². The van der Waals surface area contributed by atoms with Crippen LogP contribution >= 0.6 is 23.4 Å². The van der Waals surface area contributed by atoms with E-state index < -0.39 is 0 Å². The summed E-state index contributed by atoms with van der Waals surface area (Å²) in [5.41, 5.74) is 2.18. The van der Waals surface area contributed by atoms with E-state index in [1.807, 2.05) is 19.1 Å². The molecule has 0 aliphatic heterocycles. The highest BCUT2D eigenvalue weighted by Crippen LogP contribution is 2.23. The molecule has 1 amide bonds. The van der Waals surface area contributed by atoms with Gasteiger partial charge in [-0.1, -0.05) is 29.4 Å². The Morgan fingerprint density at radius 3 is 2.73 bits per heavy atom. The van der Waals surface area contributed by atoms with Gasteiger partial charge in [-0.25, -0.2) is 9.07 Å². The van der Waals surface area contributed by atoms with E-state index in [-0.39, 0.29) is 17.5 Å². The molecule has 10 heteroatoms. The van der Waals surface area contributed by atoms with Crippen molar-refractivity contribution in [2.24, 2.45) is 0 Å². The Hall–Kier alpha value is -3.17. The first-order valence-corrected chi connectivity index (χ1v) is 10.3. The molecule has 152 valence electrons. The smallest absolute Gasteiger partial charge is 0.236 e. The Labute approximate surface area is 180 Å². The molecule has 0 unspecified atom stereocenters. The van der Waals surface area contributed by atoms with Gasteiger partial charge in [-0.3, -0.25) is 9.36 Å². The number of hydrogen-bond donors (Lipinski definition) is 1. The summed E-state index contributed by atoms with van der Waals surface area (Å²) in [5, 5.41) is 16.4. The summed E-state index contributed by atoms with van der Waals surface area (Å²) in [5.74, 6) is 0.0470. The number of rotatable bonds is 6. The molecule has 7 nitrogen and oxygen atoms in total. The number of nitrogens with zero attached hydrogens (tertiary/aromatic N) is 5. The van der Waals surface area contributed by atoms with Crippen molar-refractivity contribution in [3.63, 3.8) is 0 Å². The Balaban J connectivity index is 1.46. The van der Waals surface area contributed by atoms with E-state index in [0.717, 1.165) is 11.4 Å². The first-order valence-electron chi connectivity index (χ1n) is 8.91. The molecule has 0 aliphatic rings. The Bertz CT molecular complexity index is 1190. The van der Waals surface area contributed by atoms with Gasteiger partial charge < -0.3 is 5.32 Å². The Kier molecular flexibility index (Phi) is 5.82. The predicted molar refractivity (Wildman–Crippen MR) is 114 cm³/mol. The van der Waals surface area contributed by atoms with Crippen molar-refractivity contribution in [2.45, 2.75) is 12.1 Å². The van der Waals surface area contributed by atoms with Crippen LogP contribution in [0, 0.1) is 12.7 Å². The fraction of sp³-hybridized carbons (Fsp3) is 0.100. The zero-order chi connectivity index (χ0) is 21.1. The first kappa shape index (κ1) is 20.1. The number of thioether (sulfide) groups is 1. The summed E-state index contributed by atoms with van der Waals surface area (Å²) in [6.07, 6.45) is 1.57. The molecule has 1 N–H and O–H groups in total. The number of halogens is 2. The lowest BCUT2D eigenvalue weighted by molar-refractivity contribution is -0.113. The lowest BCUT2D eigenvalue weighted by Gasteiger charge is -2.09. The molecule has 0 atom stereocenters. The summed E-state index contributed by atoms with van der Waals surface area (Å²) < 4.78 is 16.5. The molecule has 0 bridgehead atoms. The van der Waals surface area contributed by atoms with Gasteiger partial charge in [-0.05, 0) is 49.4 Å². The standard InChI is InChI=1S/C20H16ClFN6OS/c1-13-9-18(28(26-13)16-7-5-15(22)6-8-16)24-19(29)11-30-20-25-23-12-27(20)17-4-2-3-14(21)10-17/h2-10,12H,11H2,1H3,(H,24,29). The van der Waals surface area contributed by atoms with Crippen molar-refractivity contribution < 1.29 is 9.18 Å². The molecule has 4 aromatic rings. The maximum Gasteiger partial charge on any atom is 0.236 e. The first-order chi connectivity index (χ1) is 14.5. The highest BCUT2D eigenvalue weighted by atomic mass is 35.5. The van der Waals surface area contributed by atoms with Crippen LogP contribution in [-0.2, 0) is 4.79 Å². The quantitative estimate of drug-likeness (QED) is 0.451. The molecule has 0 aliphatic carbocycles. The lowest BCUT2D eigenvalue weighted by Crippen LogP contribution is -2.17. The van der Waals surface area contributed by atoms with Gasteiger partial charge in [0.2, 0.25) is 5.91 Å². The monoisotopic (exact) mass is 442 g/mol. The van der Waals surface area contributed by atoms with Gasteiger partial charge in [0.05, 0.1) is 22.8 Å². The van der Waals surface area contributed by atoms with Crippen molar-refractivity contribution in [3.05, 3.63) is 77.5 Å². The van der Waals surface area contributed by atoms with Gasteiger partial charge in [0.25, 0.3) is 0 Å². The van der Waals surface area contributed by atoms with Crippen LogP contribution in [0.1, 0.15) is 5.69 Å². The number of aryl methyl sites for hydroxylation is 1. The summed E-state index contributed by atoms with van der Waals surface area (Å²) in [6, 6.07) is 14.9. The number of benzene rings is 2. The predicted octanol–water partition coefficient (Wildman–Crippen LogP) is 4.28. The summed E-state index contributed by atoms with van der Waals surface area (Å²) in [6.45, 7) is 1.82. The summed E-state index contributed by atoms with van der Waals surface area (Å²) in [4.78, 5) is 12.5. The number of carbonyl (C=O) groups excluding carboxylic acids is 1.